The Morgan fingerprint density at radius 2 is 2.00 bits per heavy atom. The zero-order valence-corrected chi connectivity index (χ0v) is 13.5. The third-order valence-electron chi connectivity index (χ3n) is 2.83. The molecular weight excluding hydrogens is 323 g/mol. The first-order valence-electron chi connectivity index (χ1n) is 6.74. The Bertz CT molecular complexity index is 662. The van der Waals surface area contributed by atoms with Gasteiger partial charge >= 0.3 is 6.03 Å². The van der Waals surface area contributed by atoms with Gasteiger partial charge in [-0.3, -0.25) is 0 Å². The van der Waals surface area contributed by atoms with Crippen LogP contribution in [0.3, 0.4) is 0 Å². The van der Waals surface area contributed by atoms with Gasteiger partial charge in [-0.05, 0) is 42.8 Å². The van der Waals surface area contributed by atoms with Gasteiger partial charge in [0.05, 0.1) is 17.3 Å². The summed E-state index contributed by atoms with van der Waals surface area (Å²) in [6, 6.07) is 12.3. The minimum Gasteiger partial charge on any atom is -0.492 e. The van der Waals surface area contributed by atoms with Crippen molar-refractivity contribution in [3.63, 3.8) is 0 Å². The van der Waals surface area contributed by atoms with Crippen LogP contribution in [0.15, 0.2) is 42.5 Å². The summed E-state index contributed by atoms with van der Waals surface area (Å²) in [4.78, 5) is 11.7. The maximum atomic E-state index is 11.7. The fraction of sp³-hybridized carbons (Fsp3) is 0.188. The van der Waals surface area contributed by atoms with E-state index in [9.17, 15) is 4.79 Å². The zero-order valence-electron chi connectivity index (χ0n) is 12.0. The molecule has 0 atom stereocenters. The highest BCUT2D eigenvalue weighted by molar-refractivity contribution is 6.36. The molecule has 2 amide bonds. The predicted molar refractivity (Wildman–Crippen MR) is 90.2 cm³/mol. The van der Waals surface area contributed by atoms with E-state index >= 15 is 0 Å². The van der Waals surface area contributed by atoms with Crippen LogP contribution in [0.1, 0.15) is 5.56 Å². The van der Waals surface area contributed by atoms with Gasteiger partial charge < -0.3 is 15.4 Å². The van der Waals surface area contributed by atoms with Crippen molar-refractivity contribution in [1.29, 1.82) is 0 Å². The Kier molecular flexibility index (Phi) is 5.92. The molecule has 0 unspecified atom stereocenters. The van der Waals surface area contributed by atoms with Crippen molar-refractivity contribution >= 4 is 34.9 Å². The highest BCUT2D eigenvalue weighted by Gasteiger charge is 2.05. The van der Waals surface area contributed by atoms with E-state index in [1.54, 1.807) is 18.2 Å². The van der Waals surface area contributed by atoms with Gasteiger partial charge in [0.15, 0.2) is 0 Å². The third kappa shape index (κ3) is 5.13. The standard InChI is InChI=1S/C16H16Cl2N2O2/c1-11-3-2-4-13(9-11)22-8-7-19-16(21)20-15-6-5-12(17)10-14(15)18/h2-6,9-10H,7-8H2,1H3,(H2,19,20,21). The molecule has 2 aromatic carbocycles. The molecule has 0 aliphatic rings. The molecule has 0 saturated carbocycles. The molecule has 2 N–H and O–H groups in total. The SMILES string of the molecule is Cc1cccc(OCCNC(=O)Nc2ccc(Cl)cc2Cl)c1. The quantitative estimate of drug-likeness (QED) is 0.788. The van der Waals surface area contributed by atoms with Crippen LogP contribution in [0.2, 0.25) is 10.0 Å². The fourth-order valence-corrected chi connectivity index (χ4v) is 2.25. The van der Waals surface area contributed by atoms with E-state index < -0.39 is 0 Å². The molecule has 0 aromatic heterocycles. The number of benzene rings is 2. The van der Waals surface area contributed by atoms with Crippen molar-refractivity contribution in [2.45, 2.75) is 6.92 Å². The van der Waals surface area contributed by atoms with E-state index in [1.165, 1.54) is 0 Å². The first-order chi connectivity index (χ1) is 10.5. The van der Waals surface area contributed by atoms with Crippen molar-refractivity contribution < 1.29 is 9.53 Å². The summed E-state index contributed by atoms with van der Waals surface area (Å²) < 4.78 is 5.54. The maximum Gasteiger partial charge on any atom is 0.319 e. The lowest BCUT2D eigenvalue weighted by Crippen LogP contribution is -2.32. The molecule has 0 radical (unpaired) electrons. The van der Waals surface area contributed by atoms with Crippen molar-refractivity contribution in [3.8, 4) is 5.75 Å². The third-order valence-corrected chi connectivity index (χ3v) is 3.37. The van der Waals surface area contributed by atoms with Gasteiger partial charge in [-0.1, -0.05) is 35.3 Å². The van der Waals surface area contributed by atoms with Crippen LogP contribution in [0, 0.1) is 6.92 Å². The number of carbonyl (C=O) groups is 1. The van der Waals surface area contributed by atoms with Gasteiger partial charge in [-0.2, -0.15) is 0 Å². The van der Waals surface area contributed by atoms with Gasteiger partial charge in [0.1, 0.15) is 12.4 Å². The minimum absolute atomic E-state index is 0.350. The predicted octanol–water partition coefficient (Wildman–Crippen LogP) is 4.50. The Morgan fingerprint density at radius 3 is 2.73 bits per heavy atom. The number of halogens is 2. The Morgan fingerprint density at radius 1 is 1.18 bits per heavy atom. The molecule has 116 valence electrons. The molecule has 0 heterocycles. The second kappa shape index (κ2) is 7.92. The van der Waals surface area contributed by atoms with Crippen molar-refractivity contribution in [2.75, 3.05) is 18.5 Å². The lowest BCUT2D eigenvalue weighted by Gasteiger charge is -2.10. The molecule has 0 saturated heterocycles. The number of anilines is 1. The number of rotatable bonds is 5. The van der Waals surface area contributed by atoms with E-state index in [0.717, 1.165) is 11.3 Å². The van der Waals surface area contributed by atoms with Crippen LogP contribution < -0.4 is 15.4 Å². The first-order valence-corrected chi connectivity index (χ1v) is 7.49. The minimum atomic E-state index is -0.350. The number of hydrogen-bond acceptors (Lipinski definition) is 2. The number of hydrogen-bond donors (Lipinski definition) is 2. The summed E-state index contributed by atoms with van der Waals surface area (Å²) in [6.45, 7) is 2.75. The summed E-state index contributed by atoms with van der Waals surface area (Å²) in [6.07, 6.45) is 0. The highest BCUT2D eigenvalue weighted by Crippen LogP contribution is 2.25. The van der Waals surface area contributed by atoms with Gasteiger partial charge in [-0.15, -0.1) is 0 Å². The summed E-state index contributed by atoms with van der Waals surface area (Å²) in [7, 11) is 0. The number of amides is 2. The van der Waals surface area contributed by atoms with Crippen LogP contribution in [-0.4, -0.2) is 19.2 Å². The van der Waals surface area contributed by atoms with E-state index in [0.29, 0.717) is 28.9 Å². The molecule has 22 heavy (non-hydrogen) atoms. The molecule has 2 rings (SSSR count). The molecule has 0 spiro atoms. The summed E-state index contributed by atoms with van der Waals surface area (Å²) in [5.41, 5.74) is 1.63. The van der Waals surface area contributed by atoms with Gasteiger partial charge in [0.25, 0.3) is 0 Å². The number of ether oxygens (including phenoxy) is 1. The molecule has 0 bridgehead atoms. The lowest BCUT2D eigenvalue weighted by atomic mass is 10.2. The monoisotopic (exact) mass is 338 g/mol. The van der Waals surface area contributed by atoms with Crippen molar-refractivity contribution in [2.24, 2.45) is 0 Å². The molecule has 0 fully saturated rings. The normalized spacial score (nSPS) is 10.1. The largest absolute Gasteiger partial charge is 0.492 e. The van der Waals surface area contributed by atoms with Crippen LogP contribution in [0.4, 0.5) is 10.5 Å². The van der Waals surface area contributed by atoms with Crippen molar-refractivity contribution in [3.05, 3.63) is 58.1 Å². The van der Waals surface area contributed by atoms with Crippen LogP contribution in [0.25, 0.3) is 0 Å². The van der Waals surface area contributed by atoms with Gasteiger partial charge in [0.2, 0.25) is 0 Å². The first kappa shape index (κ1) is 16.5. The Labute approximate surface area is 139 Å². The molecular formula is C16H16Cl2N2O2. The highest BCUT2D eigenvalue weighted by atomic mass is 35.5. The summed E-state index contributed by atoms with van der Waals surface area (Å²) >= 11 is 11.8. The Hall–Kier alpha value is -1.91. The van der Waals surface area contributed by atoms with Crippen LogP contribution >= 0.6 is 23.2 Å². The Balaban J connectivity index is 1.74. The average Bonchev–Trinajstić information content (AvgIpc) is 2.47. The summed E-state index contributed by atoms with van der Waals surface area (Å²) in [5, 5.41) is 6.24. The number of aryl methyl sites for hydroxylation is 1. The maximum absolute atomic E-state index is 11.7. The summed E-state index contributed by atoms with van der Waals surface area (Å²) in [5.74, 6) is 0.781. The second-order valence-corrected chi connectivity index (χ2v) is 5.51. The van der Waals surface area contributed by atoms with E-state index in [1.807, 2.05) is 31.2 Å². The number of urea groups is 1. The fourth-order valence-electron chi connectivity index (χ4n) is 1.80. The van der Waals surface area contributed by atoms with E-state index in [2.05, 4.69) is 10.6 Å². The second-order valence-electron chi connectivity index (χ2n) is 4.67. The van der Waals surface area contributed by atoms with Crippen molar-refractivity contribution in [1.82, 2.24) is 5.32 Å². The van der Waals surface area contributed by atoms with Gasteiger partial charge in [0, 0.05) is 5.02 Å². The smallest absolute Gasteiger partial charge is 0.319 e. The van der Waals surface area contributed by atoms with Crippen LogP contribution in [-0.2, 0) is 0 Å². The van der Waals surface area contributed by atoms with E-state index in [4.69, 9.17) is 27.9 Å². The molecule has 6 heteroatoms. The topological polar surface area (TPSA) is 50.4 Å². The average molecular weight is 339 g/mol. The van der Waals surface area contributed by atoms with Gasteiger partial charge in [-0.25, -0.2) is 4.79 Å². The molecule has 2 aromatic rings. The molecule has 4 nitrogen and oxygen atoms in total. The number of carbonyl (C=O) groups excluding carboxylic acids is 1. The zero-order chi connectivity index (χ0) is 15.9. The van der Waals surface area contributed by atoms with Crippen LogP contribution in [0.5, 0.6) is 5.75 Å². The number of nitrogens with one attached hydrogen (secondary N) is 2. The molecule has 0 aliphatic carbocycles. The lowest BCUT2D eigenvalue weighted by molar-refractivity contribution is 0.247. The van der Waals surface area contributed by atoms with E-state index in [-0.39, 0.29) is 6.03 Å². The molecule has 0 aliphatic heterocycles.